The fourth-order valence-corrected chi connectivity index (χ4v) is 2.15. The Labute approximate surface area is 114 Å². The number of hydrogen-bond acceptors (Lipinski definition) is 4. The number of rotatable bonds is 5. The summed E-state index contributed by atoms with van der Waals surface area (Å²) in [5.74, 6) is 0.887. The number of methoxy groups -OCH3 is 1. The summed E-state index contributed by atoms with van der Waals surface area (Å²) < 4.78 is 7.99. The van der Waals surface area contributed by atoms with Gasteiger partial charge in [-0.05, 0) is 12.1 Å². The predicted molar refractivity (Wildman–Crippen MR) is 73.2 cm³/mol. The highest BCUT2D eigenvalue weighted by Gasteiger charge is 2.07. The van der Waals surface area contributed by atoms with Crippen LogP contribution in [-0.2, 0) is 24.9 Å². The number of hydrogen-bond donors (Lipinski definition) is 1. The van der Waals surface area contributed by atoms with Gasteiger partial charge in [0.05, 0.1) is 13.2 Å². The fourth-order valence-electron chi connectivity index (χ4n) is 1.67. The van der Waals surface area contributed by atoms with Gasteiger partial charge in [0.1, 0.15) is 12.2 Å². The van der Waals surface area contributed by atoms with Gasteiger partial charge in [0.15, 0.2) is 0 Å². The van der Waals surface area contributed by atoms with Crippen LogP contribution in [0.2, 0.25) is 0 Å². The maximum atomic E-state index is 5.21. The SMILES string of the molecule is COCc1c(Br)cccc1NCc1ncnn1C. The average Bonchev–Trinajstić information content (AvgIpc) is 2.76. The largest absolute Gasteiger partial charge is 0.380 e. The maximum absolute atomic E-state index is 5.21. The lowest BCUT2D eigenvalue weighted by atomic mass is 10.2. The zero-order valence-electron chi connectivity index (χ0n) is 10.4. The van der Waals surface area contributed by atoms with E-state index in [2.05, 4.69) is 31.3 Å². The molecule has 2 rings (SSSR count). The van der Waals surface area contributed by atoms with E-state index in [0.717, 1.165) is 21.5 Å². The Morgan fingerprint density at radius 3 is 2.94 bits per heavy atom. The molecular weight excluding hydrogens is 296 g/mol. The second-order valence-electron chi connectivity index (χ2n) is 3.85. The normalized spacial score (nSPS) is 10.6. The van der Waals surface area contributed by atoms with Gasteiger partial charge in [0.25, 0.3) is 0 Å². The molecule has 0 unspecified atom stereocenters. The van der Waals surface area contributed by atoms with Gasteiger partial charge < -0.3 is 10.1 Å². The van der Waals surface area contributed by atoms with E-state index in [9.17, 15) is 0 Å². The number of anilines is 1. The molecule has 2 aromatic rings. The summed E-state index contributed by atoms with van der Waals surface area (Å²) >= 11 is 3.53. The first-order valence-corrected chi connectivity index (χ1v) is 6.34. The zero-order chi connectivity index (χ0) is 13.0. The fraction of sp³-hybridized carbons (Fsp3) is 0.333. The second kappa shape index (κ2) is 5.97. The van der Waals surface area contributed by atoms with Crippen LogP contribution in [0.3, 0.4) is 0 Å². The van der Waals surface area contributed by atoms with Gasteiger partial charge in [-0.15, -0.1) is 0 Å². The van der Waals surface area contributed by atoms with Crippen LogP contribution in [0.4, 0.5) is 5.69 Å². The molecule has 0 spiro atoms. The Hall–Kier alpha value is -1.40. The summed E-state index contributed by atoms with van der Waals surface area (Å²) in [6, 6.07) is 6.01. The smallest absolute Gasteiger partial charge is 0.145 e. The van der Waals surface area contributed by atoms with Crippen molar-refractivity contribution in [1.29, 1.82) is 0 Å². The van der Waals surface area contributed by atoms with Crippen molar-refractivity contribution >= 4 is 21.6 Å². The number of nitrogens with one attached hydrogen (secondary N) is 1. The molecular formula is C12H15BrN4O. The van der Waals surface area contributed by atoms with Gasteiger partial charge in [-0.25, -0.2) is 4.98 Å². The lowest BCUT2D eigenvalue weighted by molar-refractivity contribution is 0.185. The highest BCUT2D eigenvalue weighted by atomic mass is 79.9. The highest BCUT2D eigenvalue weighted by Crippen LogP contribution is 2.25. The first kappa shape index (κ1) is 13.0. The molecule has 1 aromatic heterocycles. The number of benzene rings is 1. The van der Waals surface area contributed by atoms with Crippen LogP contribution < -0.4 is 5.32 Å². The van der Waals surface area contributed by atoms with Crippen LogP contribution in [0.5, 0.6) is 0 Å². The van der Waals surface area contributed by atoms with E-state index < -0.39 is 0 Å². The van der Waals surface area contributed by atoms with E-state index in [-0.39, 0.29) is 0 Å². The first-order valence-electron chi connectivity index (χ1n) is 5.55. The van der Waals surface area contributed by atoms with Gasteiger partial charge in [-0.2, -0.15) is 5.10 Å². The van der Waals surface area contributed by atoms with Crippen molar-refractivity contribution in [2.45, 2.75) is 13.2 Å². The lowest BCUT2D eigenvalue weighted by Gasteiger charge is -2.12. The molecule has 6 heteroatoms. The summed E-state index contributed by atoms with van der Waals surface area (Å²) in [5, 5.41) is 7.39. The van der Waals surface area contributed by atoms with Crippen LogP contribution >= 0.6 is 15.9 Å². The van der Waals surface area contributed by atoms with Crippen molar-refractivity contribution in [3.8, 4) is 0 Å². The summed E-state index contributed by atoms with van der Waals surface area (Å²) in [5.41, 5.74) is 2.14. The molecule has 1 heterocycles. The van der Waals surface area contributed by atoms with E-state index in [1.54, 1.807) is 18.1 Å². The molecule has 0 aliphatic heterocycles. The van der Waals surface area contributed by atoms with Crippen LogP contribution in [-0.4, -0.2) is 21.9 Å². The molecule has 18 heavy (non-hydrogen) atoms. The van der Waals surface area contributed by atoms with Crippen molar-refractivity contribution in [3.63, 3.8) is 0 Å². The summed E-state index contributed by atoms with van der Waals surface area (Å²) in [4.78, 5) is 4.18. The van der Waals surface area contributed by atoms with E-state index in [1.807, 2.05) is 25.2 Å². The number of aryl methyl sites for hydroxylation is 1. The second-order valence-corrected chi connectivity index (χ2v) is 4.71. The molecule has 5 nitrogen and oxygen atoms in total. The molecule has 0 aliphatic rings. The number of nitrogens with zero attached hydrogens (tertiary/aromatic N) is 3. The number of aromatic nitrogens is 3. The van der Waals surface area contributed by atoms with Gasteiger partial charge in [-0.1, -0.05) is 22.0 Å². The van der Waals surface area contributed by atoms with Gasteiger partial charge in [0.2, 0.25) is 0 Å². The Balaban J connectivity index is 2.14. The van der Waals surface area contributed by atoms with E-state index in [1.165, 1.54) is 0 Å². The van der Waals surface area contributed by atoms with Crippen LogP contribution in [0.15, 0.2) is 29.0 Å². The molecule has 0 atom stereocenters. The van der Waals surface area contributed by atoms with E-state index in [0.29, 0.717) is 13.2 Å². The molecule has 0 saturated carbocycles. The third-order valence-corrected chi connectivity index (χ3v) is 3.39. The Morgan fingerprint density at radius 2 is 2.28 bits per heavy atom. The quantitative estimate of drug-likeness (QED) is 0.921. The highest BCUT2D eigenvalue weighted by molar-refractivity contribution is 9.10. The standard InChI is InChI=1S/C12H15BrN4O/c1-17-12(15-8-16-17)6-14-11-5-3-4-10(13)9(11)7-18-2/h3-5,8,14H,6-7H2,1-2H3. The van der Waals surface area contributed by atoms with Crippen molar-refractivity contribution in [2.24, 2.45) is 7.05 Å². The van der Waals surface area contributed by atoms with Gasteiger partial charge in [-0.3, -0.25) is 4.68 Å². The lowest BCUT2D eigenvalue weighted by Crippen LogP contribution is -2.08. The van der Waals surface area contributed by atoms with E-state index in [4.69, 9.17) is 4.74 Å². The summed E-state index contributed by atoms with van der Waals surface area (Å²) in [6.07, 6.45) is 1.55. The molecule has 0 fully saturated rings. The minimum Gasteiger partial charge on any atom is -0.380 e. The van der Waals surface area contributed by atoms with Gasteiger partial charge in [0, 0.05) is 29.9 Å². The van der Waals surface area contributed by atoms with Crippen molar-refractivity contribution in [2.75, 3.05) is 12.4 Å². The molecule has 0 saturated heterocycles. The molecule has 1 aromatic carbocycles. The molecule has 0 aliphatic carbocycles. The third kappa shape index (κ3) is 2.88. The Morgan fingerprint density at radius 1 is 1.44 bits per heavy atom. The van der Waals surface area contributed by atoms with Gasteiger partial charge >= 0.3 is 0 Å². The first-order chi connectivity index (χ1) is 8.72. The number of halogens is 1. The Bertz CT molecular complexity index is 527. The topological polar surface area (TPSA) is 52.0 Å². The monoisotopic (exact) mass is 310 g/mol. The van der Waals surface area contributed by atoms with Crippen LogP contribution in [0.1, 0.15) is 11.4 Å². The molecule has 96 valence electrons. The Kier molecular flexibility index (Phi) is 4.33. The zero-order valence-corrected chi connectivity index (χ0v) is 11.9. The molecule has 0 amide bonds. The average molecular weight is 311 g/mol. The molecule has 0 radical (unpaired) electrons. The van der Waals surface area contributed by atoms with Crippen molar-refractivity contribution in [3.05, 3.63) is 40.4 Å². The predicted octanol–water partition coefficient (Wildman–Crippen LogP) is 2.34. The minimum absolute atomic E-state index is 0.558. The van der Waals surface area contributed by atoms with E-state index >= 15 is 0 Å². The van der Waals surface area contributed by atoms with Crippen LogP contribution in [0.25, 0.3) is 0 Å². The third-order valence-electron chi connectivity index (χ3n) is 2.65. The van der Waals surface area contributed by atoms with Crippen LogP contribution in [0, 0.1) is 0 Å². The van der Waals surface area contributed by atoms with Crippen molar-refractivity contribution < 1.29 is 4.74 Å². The molecule has 0 bridgehead atoms. The number of ether oxygens (including phenoxy) is 1. The summed E-state index contributed by atoms with van der Waals surface area (Å²) in [7, 11) is 3.56. The minimum atomic E-state index is 0.558. The summed E-state index contributed by atoms with van der Waals surface area (Å²) in [6.45, 7) is 1.19. The molecule has 1 N–H and O–H groups in total. The van der Waals surface area contributed by atoms with Crippen molar-refractivity contribution in [1.82, 2.24) is 14.8 Å². The maximum Gasteiger partial charge on any atom is 0.145 e.